The number of hydrogen-bond acceptors (Lipinski definition) is 1. The minimum atomic E-state index is 1.06. The lowest BCUT2D eigenvalue weighted by molar-refractivity contribution is 1.02. The van der Waals surface area contributed by atoms with Gasteiger partial charge in [0.2, 0.25) is 0 Å². The molecule has 9 aromatic rings. The Balaban J connectivity index is 1.25. The van der Waals surface area contributed by atoms with Crippen molar-refractivity contribution in [2.24, 2.45) is 0 Å². The molecule has 0 fully saturated rings. The molecule has 0 N–H and O–H groups in total. The molecule has 0 bridgehead atoms. The minimum absolute atomic E-state index is 1.06. The number of allylic oxidation sites excluding steroid dienone is 4. The molecule has 8 aromatic carbocycles. The van der Waals surface area contributed by atoms with Gasteiger partial charge in [0.1, 0.15) is 0 Å². The van der Waals surface area contributed by atoms with Crippen molar-refractivity contribution < 1.29 is 0 Å². The highest BCUT2D eigenvalue weighted by molar-refractivity contribution is 6.38. The number of rotatable bonds is 5. The highest BCUT2D eigenvalue weighted by atomic mass is 15.1. The second-order valence-corrected chi connectivity index (χ2v) is 13.2. The molecule has 2 nitrogen and oxygen atoms in total. The van der Waals surface area contributed by atoms with Crippen molar-refractivity contribution in [3.63, 3.8) is 0 Å². The van der Waals surface area contributed by atoms with Crippen LogP contribution in [0, 0.1) is 0 Å². The van der Waals surface area contributed by atoms with Gasteiger partial charge < -0.3 is 9.47 Å². The Morgan fingerprint density at radius 3 is 1.70 bits per heavy atom. The van der Waals surface area contributed by atoms with E-state index in [1.54, 1.807) is 0 Å². The number of aromatic nitrogens is 1. The van der Waals surface area contributed by atoms with E-state index in [1.165, 1.54) is 70.9 Å². The molecule has 236 valence electrons. The number of benzene rings is 8. The smallest absolute Gasteiger partial charge is 0.0626 e. The monoisotopic (exact) mass is 638 g/mol. The van der Waals surface area contributed by atoms with Crippen LogP contribution in [0.4, 0.5) is 17.1 Å². The van der Waals surface area contributed by atoms with Gasteiger partial charge in [0.25, 0.3) is 0 Å². The Bertz CT molecular complexity index is 2750. The van der Waals surface area contributed by atoms with E-state index in [0.717, 1.165) is 29.9 Å². The summed E-state index contributed by atoms with van der Waals surface area (Å²) in [7, 11) is 0. The van der Waals surface area contributed by atoms with Crippen LogP contribution in [0.2, 0.25) is 0 Å². The summed E-state index contributed by atoms with van der Waals surface area (Å²) in [6.07, 6.45) is 9.16. The molecule has 1 aromatic heterocycles. The van der Waals surface area contributed by atoms with Crippen molar-refractivity contribution >= 4 is 76.9 Å². The zero-order valence-corrected chi connectivity index (χ0v) is 27.6. The van der Waals surface area contributed by atoms with Crippen LogP contribution >= 0.6 is 0 Å². The van der Waals surface area contributed by atoms with Crippen LogP contribution in [0.1, 0.15) is 12.8 Å². The van der Waals surface area contributed by atoms with Gasteiger partial charge in [0.05, 0.1) is 11.0 Å². The molecular weight excluding hydrogens is 605 g/mol. The van der Waals surface area contributed by atoms with E-state index in [1.807, 2.05) is 0 Å². The van der Waals surface area contributed by atoms with Crippen LogP contribution in [0.3, 0.4) is 0 Å². The molecule has 0 saturated heterocycles. The van der Waals surface area contributed by atoms with Crippen molar-refractivity contribution in [3.8, 4) is 11.1 Å². The first-order valence-electron chi connectivity index (χ1n) is 17.5. The molecule has 0 radical (unpaired) electrons. The fraction of sp³-hybridized carbons (Fsp3) is 0.0417. The Morgan fingerprint density at radius 2 is 1.02 bits per heavy atom. The van der Waals surface area contributed by atoms with Gasteiger partial charge >= 0.3 is 0 Å². The summed E-state index contributed by atoms with van der Waals surface area (Å²) in [5.74, 6) is 0. The van der Waals surface area contributed by atoms with Crippen LogP contribution in [-0.2, 0) is 0 Å². The zero-order valence-electron chi connectivity index (χ0n) is 27.6. The van der Waals surface area contributed by atoms with E-state index in [-0.39, 0.29) is 0 Å². The lowest BCUT2D eigenvalue weighted by atomic mass is 9.88. The summed E-state index contributed by atoms with van der Waals surface area (Å²) in [5, 5.41) is 10.3. The van der Waals surface area contributed by atoms with Crippen LogP contribution in [0.25, 0.3) is 70.9 Å². The molecule has 1 heterocycles. The maximum Gasteiger partial charge on any atom is 0.0626 e. The molecule has 0 aliphatic heterocycles. The van der Waals surface area contributed by atoms with Crippen molar-refractivity contribution in [1.29, 1.82) is 0 Å². The standard InChI is InChI=1S/C48H34N2/c1-4-16-34(17-5-1)49(35-18-6-2-7-19-35)37-30-28-33(29-31-37)43-32-44-39-23-11-13-25-41(39)48-47(46(44)40-24-12-10-22-38(40)43)42-26-14-15-27-45(42)50(48)36-20-8-3-9-21-36/h1-2,4-8,10-32H,3,9H2. The molecule has 0 amide bonds. The average molecular weight is 639 g/mol. The minimum Gasteiger partial charge on any atom is -0.311 e. The first kappa shape index (κ1) is 28.6. The first-order chi connectivity index (χ1) is 24.8. The van der Waals surface area contributed by atoms with E-state index in [4.69, 9.17) is 0 Å². The zero-order chi connectivity index (χ0) is 33.0. The number of fused-ring (bicyclic) bond motifs is 10. The summed E-state index contributed by atoms with van der Waals surface area (Å²) in [6.45, 7) is 0. The quantitative estimate of drug-likeness (QED) is 0.170. The third-order valence-corrected chi connectivity index (χ3v) is 10.3. The van der Waals surface area contributed by atoms with Gasteiger partial charge in [0, 0.05) is 44.3 Å². The van der Waals surface area contributed by atoms with Gasteiger partial charge in [-0.2, -0.15) is 0 Å². The topological polar surface area (TPSA) is 8.17 Å². The normalized spacial score (nSPS) is 13.1. The molecule has 0 spiro atoms. The van der Waals surface area contributed by atoms with Gasteiger partial charge in [-0.1, -0.05) is 127 Å². The molecule has 1 aliphatic rings. The fourth-order valence-electron chi connectivity index (χ4n) is 8.19. The summed E-state index contributed by atoms with van der Waals surface area (Å²) < 4.78 is 2.51. The lowest BCUT2D eigenvalue weighted by Crippen LogP contribution is -2.09. The Labute approximate surface area is 291 Å². The Hall–Kier alpha value is -6.38. The SMILES string of the molecule is C1=CC(n2c3ccccc3c3c4c5ccccc5c(-c5ccc(N(c6ccccc6)c6ccccc6)cc5)cc4c4ccccc4c32)=CCC1. The number of anilines is 3. The van der Waals surface area contributed by atoms with Gasteiger partial charge in [-0.05, 0) is 100 Å². The third kappa shape index (κ3) is 4.42. The van der Waals surface area contributed by atoms with Gasteiger partial charge in [0.15, 0.2) is 0 Å². The molecule has 10 rings (SSSR count). The Kier molecular flexibility index (Phi) is 6.67. The molecule has 0 saturated carbocycles. The maximum absolute atomic E-state index is 2.51. The molecule has 50 heavy (non-hydrogen) atoms. The van der Waals surface area contributed by atoms with Crippen molar-refractivity contribution in [1.82, 2.24) is 4.57 Å². The van der Waals surface area contributed by atoms with Gasteiger partial charge in [-0.3, -0.25) is 0 Å². The molecule has 0 unspecified atom stereocenters. The van der Waals surface area contributed by atoms with E-state index in [0.29, 0.717) is 0 Å². The summed E-state index contributed by atoms with van der Waals surface area (Å²) >= 11 is 0. The molecule has 0 atom stereocenters. The second kappa shape index (κ2) is 11.6. The van der Waals surface area contributed by atoms with Crippen LogP contribution in [-0.4, -0.2) is 4.57 Å². The predicted molar refractivity (Wildman–Crippen MR) is 215 cm³/mol. The number of hydrogen-bond donors (Lipinski definition) is 0. The van der Waals surface area contributed by atoms with E-state index in [9.17, 15) is 0 Å². The summed E-state index contributed by atoms with van der Waals surface area (Å²) in [6, 6.07) is 59.7. The van der Waals surface area contributed by atoms with Crippen LogP contribution in [0.5, 0.6) is 0 Å². The fourth-order valence-corrected chi connectivity index (χ4v) is 8.19. The molecule has 2 heteroatoms. The van der Waals surface area contributed by atoms with E-state index >= 15 is 0 Å². The third-order valence-electron chi connectivity index (χ3n) is 10.3. The first-order valence-corrected chi connectivity index (χ1v) is 17.5. The van der Waals surface area contributed by atoms with E-state index < -0.39 is 0 Å². The molecule has 1 aliphatic carbocycles. The van der Waals surface area contributed by atoms with Gasteiger partial charge in [-0.15, -0.1) is 0 Å². The lowest BCUT2D eigenvalue weighted by Gasteiger charge is -2.25. The van der Waals surface area contributed by atoms with Crippen molar-refractivity contribution in [3.05, 3.63) is 182 Å². The number of nitrogens with zero attached hydrogens (tertiary/aromatic N) is 2. The van der Waals surface area contributed by atoms with Crippen molar-refractivity contribution in [2.45, 2.75) is 12.8 Å². The van der Waals surface area contributed by atoms with Crippen molar-refractivity contribution in [2.75, 3.05) is 4.90 Å². The largest absolute Gasteiger partial charge is 0.311 e. The van der Waals surface area contributed by atoms with Gasteiger partial charge in [-0.25, -0.2) is 0 Å². The van der Waals surface area contributed by atoms with E-state index in [2.05, 4.69) is 191 Å². The second-order valence-electron chi connectivity index (χ2n) is 13.2. The predicted octanol–water partition coefficient (Wildman–Crippen LogP) is 13.6. The Morgan fingerprint density at radius 1 is 0.440 bits per heavy atom. The average Bonchev–Trinajstić information content (AvgIpc) is 3.54. The highest BCUT2D eigenvalue weighted by Gasteiger charge is 2.22. The van der Waals surface area contributed by atoms with Crippen LogP contribution in [0.15, 0.2) is 182 Å². The summed E-state index contributed by atoms with van der Waals surface area (Å²) in [4.78, 5) is 2.32. The maximum atomic E-state index is 2.51. The van der Waals surface area contributed by atoms with Crippen LogP contribution < -0.4 is 4.90 Å². The summed E-state index contributed by atoms with van der Waals surface area (Å²) in [5.41, 5.74) is 9.65. The highest BCUT2D eigenvalue weighted by Crippen LogP contribution is 2.47. The number of para-hydroxylation sites is 3. The molecular formula is C48H34N2.